The van der Waals surface area contributed by atoms with E-state index < -0.39 is 37.8 Å². The SMILES string of the molecule is CO.COCCNS(=O)(=O)NCCSc1nonc1-c1noc(=O)n1-c1ccc(F)c(Br)c1.COCCNS(=O)(=O)NCCSc1nonc1C(=Nc1ccc(F)c(Br)c1)NO.[Na+].[OH-]. The number of aromatic nitrogens is 6. The number of nitrogens with zero attached hydrogens (tertiary/aromatic N) is 7. The average molecular weight is 1120 g/mol. The van der Waals surface area contributed by atoms with Crippen LogP contribution in [0.1, 0.15) is 5.69 Å². The number of nitrogens with one attached hydrogen (secondary N) is 5. The minimum atomic E-state index is -3.66. The molecule has 5 rings (SSSR count). The van der Waals surface area contributed by atoms with Gasteiger partial charge in [0.2, 0.25) is 5.82 Å². The Bertz CT molecular complexity index is 2490. The summed E-state index contributed by atoms with van der Waals surface area (Å²) < 4.78 is 108. The molecule has 8 N–H and O–H groups in total. The van der Waals surface area contributed by atoms with E-state index in [2.05, 4.69) is 86.2 Å². The summed E-state index contributed by atoms with van der Waals surface area (Å²) in [7, 11) is -3.37. The van der Waals surface area contributed by atoms with Gasteiger partial charge < -0.3 is 20.1 Å². The van der Waals surface area contributed by atoms with Crippen LogP contribution in [0.3, 0.4) is 0 Å². The van der Waals surface area contributed by atoms with Gasteiger partial charge in [-0.1, -0.05) is 28.7 Å². The Hall–Kier alpha value is -2.81. The first-order valence-electron chi connectivity index (χ1n) is 17.0. The topological polar surface area (TPSA) is 356 Å². The minimum Gasteiger partial charge on any atom is -0.870 e. The largest absolute Gasteiger partial charge is 1.00 e. The number of aliphatic hydroxyl groups is 1. The number of amidine groups is 1. The van der Waals surface area contributed by atoms with Gasteiger partial charge in [-0.2, -0.15) is 26.3 Å². The summed E-state index contributed by atoms with van der Waals surface area (Å²) in [6.07, 6.45) is 0. The number of rotatable bonds is 22. The Labute approximate surface area is 410 Å². The summed E-state index contributed by atoms with van der Waals surface area (Å²) in [4.78, 5) is 16.3. The second-order valence-corrected chi connectivity index (χ2v) is 18.0. The normalized spacial score (nSPS) is 11.4. The Morgan fingerprint density at radius 2 is 1.31 bits per heavy atom. The number of hydrogen-bond donors (Lipinski definition) is 7. The Morgan fingerprint density at radius 3 is 1.86 bits per heavy atom. The first kappa shape index (κ1) is 59.2. The maximum atomic E-state index is 13.5. The van der Waals surface area contributed by atoms with E-state index in [0.29, 0.717) is 11.4 Å². The maximum Gasteiger partial charge on any atom is 1.00 e. The molecule has 2 aromatic carbocycles. The van der Waals surface area contributed by atoms with Gasteiger partial charge >= 0.3 is 35.3 Å². The molecule has 350 valence electrons. The zero-order valence-electron chi connectivity index (χ0n) is 33.8. The molecule has 5 aromatic rings. The van der Waals surface area contributed by atoms with Crippen LogP contribution < -0.4 is 59.7 Å². The maximum absolute atomic E-state index is 13.5. The molecule has 0 spiro atoms. The molecule has 0 unspecified atom stereocenters. The molecule has 0 bridgehead atoms. The van der Waals surface area contributed by atoms with E-state index in [9.17, 15) is 35.6 Å². The number of benzene rings is 2. The zero-order chi connectivity index (χ0) is 45.7. The van der Waals surface area contributed by atoms with Crippen molar-refractivity contribution in [2.45, 2.75) is 10.1 Å². The fourth-order valence-corrected chi connectivity index (χ4v) is 8.35. The molecule has 3 heterocycles. The predicted molar refractivity (Wildman–Crippen MR) is 228 cm³/mol. The van der Waals surface area contributed by atoms with Crippen LogP contribution >= 0.6 is 55.4 Å². The number of halogens is 4. The third-order valence-electron chi connectivity index (χ3n) is 6.83. The van der Waals surface area contributed by atoms with Crippen LogP contribution in [0.15, 0.2) is 79.0 Å². The molecule has 25 nitrogen and oxygen atoms in total. The molecule has 64 heavy (non-hydrogen) atoms. The molecular weight excluding hydrogens is 1090 g/mol. The van der Waals surface area contributed by atoms with Crippen molar-refractivity contribution >= 4 is 87.3 Å². The second-order valence-electron chi connectivity index (χ2n) is 11.0. The number of ether oxygens (including phenoxy) is 2. The van der Waals surface area contributed by atoms with E-state index in [1.54, 1.807) is 0 Å². The smallest absolute Gasteiger partial charge is 0.870 e. The second kappa shape index (κ2) is 30.5. The Morgan fingerprint density at radius 1 is 0.797 bits per heavy atom. The Kier molecular flexibility index (Phi) is 28.2. The van der Waals surface area contributed by atoms with Crippen LogP contribution in [0.4, 0.5) is 14.5 Å². The van der Waals surface area contributed by atoms with Gasteiger partial charge in [-0.25, -0.2) is 41.8 Å². The third-order valence-corrected chi connectivity index (χ3v) is 12.3. The van der Waals surface area contributed by atoms with E-state index in [1.807, 2.05) is 5.48 Å². The van der Waals surface area contributed by atoms with E-state index in [4.69, 9.17) is 23.7 Å². The van der Waals surface area contributed by atoms with Crippen LogP contribution in [0.2, 0.25) is 0 Å². The fraction of sp³-hybridized carbons (Fsp3) is 0.367. The van der Waals surface area contributed by atoms with E-state index in [0.717, 1.165) is 35.2 Å². The van der Waals surface area contributed by atoms with Crippen LogP contribution in [-0.4, -0.2) is 141 Å². The molecule has 0 amide bonds. The van der Waals surface area contributed by atoms with Crippen LogP contribution in [0.5, 0.6) is 0 Å². The number of methoxy groups -OCH3 is 2. The van der Waals surface area contributed by atoms with Crippen molar-refractivity contribution in [2.75, 3.05) is 72.2 Å². The standard InChI is InChI=1S/C15H16BrFN6O6S2.C14H18BrFN6O5S2.CH4O.Na.H2O/c1-27-6-4-18-31(25,26)19-5-7-30-14-12(20-29-22-14)13-21-28-15(24)23(13)9-2-3-11(17)10(16)8-9;1-26-6-4-17-29(24,25)18-5-7-28-14-12(21-27-22-14)13(20-23)19-9-2-3-11(16)10(15)8-9;1-2;;/h2-3,8,18-19H,4-7H2,1H3;2-3,8,17-18,23H,4-7H2,1H3,(H,19,20);2H,1H3;;1H2/q;;;+1;/p-1. The summed E-state index contributed by atoms with van der Waals surface area (Å²) in [6.45, 7) is 0.967. The van der Waals surface area contributed by atoms with E-state index in [1.165, 1.54) is 50.6 Å². The van der Waals surface area contributed by atoms with Crippen molar-refractivity contribution in [2.24, 2.45) is 4.99 Å². The number of thioether (sulfide) groups is 2. The van der Waals surface area contributed by atoms with Crippen molar-refractivity contribution in [3.8, 4) is 17.2 Å². The van der Waals surface area contributed by atoms with Gasteiger partial charge in [-0.15, -0.1) is 0 Å². The number of hydroxylamine groups is 1. The van der Waals surface area contributed by atoms with Crippen molar-refractivity contribution in [1.82, 2.24) is 54.7 Å². The molecule has 0 aliphatic carbocycles. The van der Waals surface area contributed by atoms with E-state index >= 15 is 0 Å². The first-order valence-corrected chi connectivity index (χ1v) is 23.5. The average Bonchev–Trinajstić information content (AvgIpc) is 4.01. The molecule has 0 atom stereocenters. The molecule has 3 aromatic heterocycles. The summed E-state index contributed by atoms with van der Waals surface area (Å²) >= 11 is 8.37. The molecule has 0 fully saturated rings. The van der Waals surface area contributed by atoms with E-state index in [-0.39, 0.29) is 128 Å². The first-order chi connectivity index (χ1) is 29.7. The van der Waals surface area contributed by atoms with Crippen molar-refractivity contribution < 1.29 is 94.2 Å². The molecule has 0 saturated heterocycles. The van der Waals surface area contributed by atoms with Crippen LogP contribution in [0.25, 0.3) is 17.2 Å². The number of aliphatic hydroxyl groups excluding tert-OH is 1. The number of aliphatic imine (C=N–C) groups is 1. The van der Waals surface area contributed by atoms with Gasteiger partial charge in [0.05, 0.1) is 33.5 Å². The van der Waals surface area contributed by atoms with Gasteiger partial charge in [0.25, 0.3) is 20.4 Å². The van der Waals surface area contributed by atoms with Gasteiger partial charge in [-0.05, 0) is 88.9 Å². The van der Waals surface area contributed by atoms with Crippen molar-refractivity contribution in [3.63, 3.8) is 0 Å². The van der Waals surface area contributed by atoms with Crippen molar-refractivity contribution in [1.29, 1.82) is 0 Å². The van der Waals surface area contributed by atoms with Crippen LogP contribution in [0, 0.1) is 11.6 Å². The zero-order valence-corrected chi connectivity index (χ0v) is 42.3. The predicted octanol–water partition coefficient (Wildman–Crippen LogP) is -1.43. The molecule has 0 saturated carbocycles. The number of hydrogen-bond acceptors (Lipinski definition) is 21. The van der Waals surface area contributed by atoms with Gasteiger partial charge in [0.15, 0.2) is 27.3 Å². The van der Waals surface area contributed by atoms with Crippen molar-refractivity contribution in [3.05, 3.63) is 73.2 Å². The minimum absolute atomic E-state index is 0. The molecule has 34 heteroatoms. The third kappa shape index (κ3) is 19.2. The quantitative estimate of drug-likeness (QED) is 0.0104. The van der Waals surface area contributed by atoms with Gasteiger partial charge in [0.1, 0.15) is 11.6 Å². The summed E-state index contributed by atoms with van der Waals surface area (Å²) in [6, 6.07) is 7.95. The molecular formula is C30H39Br2F2N12NaO13S4. The Balaban J connectivity index is 0.000000599. The summed E-state index contributed by atoms with van der Waals surface area (Å²) in [5.41, 5.74) is 2.74. The van der Waals surface area contributed by atoms with Crippen LogP contribution in [-0.2, 0) is 29.9 Å². The molecule has 0 aliphatic rings. The van der Waals surface area contributed by atoms with Gasteiger partial charge in [-0.3, -0.25) is 15.2 Å². The summed E-state index contributed by atoms with van der Waals surface area (Å²) in [5.74, 6) is -1.29. The van der Waals surface area contributed by atoms with Gasteiger partial charge in [0, 0.05) is 59.0 Å². The summed E-state index contributed by atoms with van der Waals surface area (Å²) in [5, 5.41) is 35.6. The molecule has 0 radical (unpaired) electrons. The molecule has 0 aliphatic heterocycles. The fourth-order valence-electron chi connectivity index (χ4n) is 4.20. The monoisotopic (exact) mass is 1120 g/mol.